The summed E-state index contributed by atoms with van der Waals surface area (Å²) >= 11 is 0. The number of benzene rings is 4. The maximum Gasteiger partial charge on any atom is 0.121 e. The van der Waals surface area contributed by atoms with Crippen molar-refractivity contribution in [2.75, 3.05) is 0 Å². The Morgan fingerprint density at radius 1 is 0.452 bits per heavy atom. The number of rotatable bonds is 4. The molecule has 0 amide bonds. The van der Waals surface area contributed by atoms with E-state index in [2.05, 4.69) is 111 Å². The summed E-state index contributed by atoms with van der Waals surface area (Å²) in [5, 5.41) is 0. The average molecular weight is 403 g/mol. The lowest BCUT2D eigenvalue weighted by atomic mass is 9.83. The predicted octanol–water partition coefficient (Wildman–Crippen LogP) is 7.67. The third-order valence-electron chi connectivity index (χ3n) is 7.37. The Morgan fingerprint density at radius 2 is 0.710 bits per heavy atom. The maximum absolute atomic E-state index is 7.55. The second kappa shape index (κ2) is 6.67. The zero-order chi connectivity index (χ0) is 21.1. The van der Waals surface area contributed by atoms with E-state index in [0.29, 0.717) is 0 Å². The molecule has 152 valence electrons. The number of ether oxygens (including phenoxy) is 1. The molecule has 0 unspecified atom stereocenters. The molecule has 0 atom stereocenters. The summed E-state index contributed by atoms with van der Waals surface area (Å²) in [5.41, 5.74) is 9.37. The van der Waals surface area contributed by atoms with Crippen molar-refractivity contribution >= 4 is 0 Å². The maximum atomic E-state index is 7.55. The molecule has 0 radical (unpaired) electrons. The van der Waals surface area contributed by atoms with Crippen molar-refractivity contribution in [3.8, 4) is 22.3 Å². The van der Waals surface area contributed by atoms with Crippen LogP contribution in [0.1, 0.15) is 48.9 Å². The first-order valence-electron chi connectivity index (χ1n) is 11.3. The lowest BCUT2D eigenvalue weighted by Crippen LogP contribution is -2.40. The smallest absolute Gasteiger partial charge is 0.121 e. The van der Waals surface area contributed by atoms with Gasteiger partial charge in [-0.15, -0.1) is 0 Å². The zero-order valence-electron chi connectivity index (χ0n) is 18.1. The molecule has 0 aromatic heterocycles. The van der Waals surface area contributed by atoms with Crippen LogP contribution in [0, 0.1) is 0 Å². The van der Waals surface area contributed by atoms with Crippen molar-refractivity contribution in [3.05, 3.63) is 119 Å². The topological polar surface area (TPSA) is 9.23 Å². The van der Waals surface area contributed by atoms with Gasteiger partial charge in [-0.1, -0.05) is 111 Å². The first-order valence-corrected chi connectivity index (χ1v) is 11.3. The minimum atomic E-state index is -0.478. The van der Waals surface area contributed by atoms with Crippen LogP contribution in [0.25, 0.3) is 22.3 Å². The van der Waals surface area contributed by atoms with Crippen LogP contribution in [0.4, 0.5) is 0 Å². The van der Waals surface area contributed by atoms with E-state index in [1.165, 1.54) is 44.5 Å². The summed E-state index contributed by atoms with van der Waals surface area (Å²) in [7, 11) is 0. The van der Waals surface area contributed by atoms with Crippen molar-refractivity contribution < 1.29 is 4.74 Å². The van der Waals surface area contributed by atoms with Gasteiger partial charge in [-0.2, -0.15) is 0 Å². The minimum Gasteiger partial charge on any atom is -0.350 e. The van der Waals surface area contributed by atoms with E-state index in [1.807, 2.05) is 0 Å². The van der Waals surface area contributed by atoms with E-state index in [0.717, 1.165) is 12.8 Å². The summed E-state index contributed by atoms with van der Waals surface area (Å²) in [5.74, 6) is 0. The van der Waals surface area contributed by atoms with E-state index in [1.54, 1.807) is 0 Å². The van der Waals surface area contributed by atoms with Gasteiger partial charge in [0.05, 0.1) is 0 Å². The first-order chi connectivity index (χ1) is 15.2. The molecule has 0 bridgehead atoms. The van der Waals surface area contributed by atoms with Crippen LogP contribution in [0.3, 0.4) is 0 Å². The Hall–Kier alpha value is -3.16. The third-order valence-corrected chi connectivity index (χ3v) is 7.37. The molecular formula is C30H26O. The fourth-order valence-corrected chi connectivity index (χ4v) is 5.99. The Labute approximate surface area is 184 Å². The summed E-state index contributed by atoms with van der Waals surface area (Å²) in [6.07, 6.45) is 1.76. The Kier molecular flexibility index (Phi) is 4.00. The molecule has 0 fully saturated rings. The van der Waals surface area contributed by atoms with Gasteiger partial charge >= 0.3 is 0 Å². The van der Waals surface area contributed by atoms with Gasteiger partial charge in [-0.05, 0) is 57.3 Å². The van der Waals surface area contributed by atoms with Crippen LogP contribution in [0.5, 0.6) is 0 Å². The first kappa shape index (κ1) is 18.6. The molecule has 0 saturated carbocycles. The second-order valence-corrected chi connectivity index (χ2v) is 8.65. The fourth-order valence-electron chi connectivity index (χ4n) is 5.99. The van der Waals surface area contributed by atoms with Gasteiger partial charge in [0.15, 0.2) is 0 Å². The van der Waals surface area contributed by atoms with Gasteiger partial charge in [0.25, 0.3) is 0 Å². The van der Waals surface area contributed by atoms with Crippen molar-refractivity contribution in [2.45, 2.75) is 37.9 Å². The van der Waals surface area contributed by atoms with E-state index < -0.39 is 11.2 Å². The van der Waals surface area contributed by atoms with Crippen LogP contribution >= 0.6 is 0 Å². The van der Waals surface area contributed by atoms with Gasteiger partial charge in [0, 0.05) is 0 Å². The standard InChI is InChI=1S/C30H26O/c1-3-29(25-17-9-5-13-21(25)22-14-6-10-18-26(22)29)31-30(4-2)27-19-11-7-15-23(27)24-16-8-12-20-28(24)30/h5-20H,3-4H2,1-2H3. The molecule has 1 nitrogen and oxygen atoms in total. The molecule has 6 rings (SSSR count). The molecule has 1 heteroatoms. The molecule has 4 aromatic carbocycles. The van der Waals surface area contributed by atoms with Gasteiger partial charge in [0.2, 0.25) is 0 Å². The number of hydrogen-bond acceptors (Lipinski definition) is 1. The summed E-state index contributed by atoms with van der Waals surface area (Å²) in [6.45, 7) is 4.52. The zero-order valence-corrected chi connectivity index (χ0v) is 18.1. The highest BCUT2D eigenvalue weighted by Crippen LogP contribution is 2.59. The monoisotopic (exact) mass is 402 g/mol. The molecule has 2 aliphatic carbocycles. The summed E-state index contributed by atoms with van der Waals surface area (Å²) in [6, 6.07) is 35.1. The highest BCUT2D eigenvalue weighted by atomic mass is 16.5. The molecular weight excluding hydrogens is 376 g/mol. The quantitative estimate of drug-likeness (QED) is 0.340. The van der Waals surface area contributed by atoms with Crippen molar-refractivity contribution in [2.24, 2.45) is 0 Å². The van der Waals surface area contributed by atoms with Crippen LogP contribution in [-0.2, 0) is 15.9 Å². The van der Waals surface area contributed by atoms with Gasteiger partial charge in [-0.3, -0.25) is 0 Å². The molecule has 4 aromatic rings. The predicted molar refractivity (Wildman–Crippen MR) is 127 cm³/mol. The number of fused-ring (bicyclic) bond motifs is 6. The van der Waals surface area contributed by atoms with Gasteiger partial charge < -0.3 is 4.74 Å². The molecule has 0 N–H and O–H groups in total. The normalized spacial score (nSPS) is 16.3. The van der Waals surface area contributed by atoms with E-state index >= 15 is 0 Å². The van der Waals surface area contributed by atoms with Crippen LogP contribution in [-0.4, -0.2) is 0 Å². The summed E-state index contributed by atoms with van der Waals surface area (Å²) in [4.78, 5) is 0. The Balaban J connectivity index is 1.64. The van der Waals surface area contributed by atoms with Crippen molar-refractivity contribution in [1.29, 1.82) is 0 Å². The fraction of sp³-hybridized carbons (Fsp3) is 0.200. The molecule has 31 heavy (non-hydrogen) atoms. The summed E-state index contributed by atoms with van der Waals surface area (Å²) < 4.78 is 7.55. The number of hydrogen-bond donors (Lipinski definition) is 0. The Bertz CT molecular complexity index is 1110. The van der Waals surface area contributed by atoms with E-state index in [9.17, 15) is 0 Å². The SMILES string of the molecule is CCC1(OC2(CC)c3ccccc3-c3ccccc32)c2ccccc2-c2ccccc21. The Morgan fingerprint density at radius 3 is 0.968 bits per heavy atom. The highest BCUT2D eigenvalue weighted by Gasteiger charge is 2.52. The average Bonchev–Trinajstić information content (AvgIpc) is 3.28. The van der Waals surface area contributed by atoms with Crippen molar-refractivity contribution in [3.63, 3.8) is 0 Å². The molecule has 0 heterocycles. The van der Waals surface area contributed by atoms with Gasteiger partial charge in [-0.25, -0.2) is 0 Å². The lowest BCUT2D eigenvalue weighted by molar-refractivity contribution is -0.125. The molecule has 0 aliphatic heterocycles. The third kappa shape index (κ3) is 2.30. The second-order valence-electron chi connectivity index (χ2n) is 8.65. The van der Waals surface area contributed by atoms with Gasteiger partial charge in [0.1, 0.15) is 11.2 Å². The van der Waals surface area contributed by atoms with Crippen LogP contribution in [0.15, 0.2) is 97.1 Å². The van der Waals surface area contributed by atoms with Crippen LogP contribution in [0.2, 0.25) is 0 Å². The molecule has 0 spiro atoms. The lowest BCUT2D eigenvalue weighted by Gasteiger charge is -2.42. The minimum absolute atomic E-state index is 0.478. The highest BCUT2D eigenvalue weighted by molar-refractivity contribution is 5.82. The van der Waals surface area contributed by atoms with Crippen molar-refractivity contribution in [1.82, 2.24) is 0 Å². The van der Waals surface area contributed by atoms with Crippen LogP contribution < -0.4 is 0 Å². The van der Waals surface area contributed by atoms with E-state index in [4.69, 9.17) is 4.74 Å². The molecule has 2 aliphatic rings. The largest absolute Gasteiger partial charge is 0.350 e. The van der Waals surface area contributed by atoms with E-state index in [-0.39, 0.29) is 0 Å². The molecule has 0 saturated heterocycles.